The van der Waals surface area contributed by atoms with Crippen molar-refractivity contribution in [2.75, 3.05) is 6.61 Å². The van der Waals surface area contributed by atoms with Crippen LogP contribution in [0.3, 0.4) is 0 Å². The summed E-state index contributed by atoms with van der Waals surface area (Å²) in [5.74, 6) is 0. The first-order valence-corrected chi connectivity index (χ1v) is 6.85. The van der Waals surface area contributed by atoms with Gasteiger partial charge in [-0.3, -0.25) is 0 Å². The van der Waals surface area contributed by atoms with Crippen LogP contribution in [0.15, 0.2) is 54.6 Å². The molecule has 2 aromatic carbocycles. The number of aliphatic hydroxyl groups excluding tert-OH is 1. The Labute approximate surface area is 124 Å². The topological polar surface area (TPSA) is 58.6 Å². The molecule has 0 spiro atoms. The Kier molecular flexibility index (Phi) is 5.35. The summed E-state index contributed by atoms with van der Waals surface area (Å²) in [6.45, 7) is 2.12. The third kappa shape index (κ3) is 4.61. The van der Waals surface area contributed by atoms with Gasteiger partial charge in [0.25, 0.3) is 0 Å². The molecule has 1 amide bonds. The summed E-state index contributed by atoms with van der Waals surface area (Å²) in [5, 5.41) is 12.1. The lowest BCUT2D eigenvalue weighted by molar-refractivity contribution is 0.0568. The van der Waals surface area contributed by atoms with E-state index in [1.165, 1.54) is 0 Å². The molecule has 2 N–H and O–H groups in total. The quantitative estimate of drug-likeness (QED) is 0.888. The minimum Gasteiger partial charge on any atom is -0.439 e. The molecule has 0 fully saturated rings. The zero-order valence-electron chi connectivity index (χ0n) is 12.0. The van der Waals surface area contributed by atoms with Crippen molar-refractivity contribution in [3.05, 3.63) is 71.3 Å². The Balaban J connectivity index is 1.89. The minimum absolute atomic E-state index is 0.248. The predicted octanol–water partition coefficient (Wildman–Crippen LogP) is 2.95. The van der Waals surface area contributed by atoms with Crippen molar-refractivity contribution >= 4 is 6.09 Å². The van der Waals surface area contributed by atoms with Crippen LogP contribution in [0.1, 0.15) is 22.8 Å². The van der Waals surface area contributed by atoms with Crippen LogP contribution in [-0.2, 0) is 11.3 Å². The van der Waals surface area contributed by atoms with Crippen LogP contribution < -0.4 is 5.32 Å². The Morgan fingerprint density at radius 2 is 1.81 bits per heavy atom. The van der Waals surface area contributed by atoms with Crippen LogP contribution in [0.5, 0.6) is 0 Å². The monoisotopic (exact) mass is 285 g/mol. The van der Waals surface area contributed by atoms with E-state index in [1.54, 1.807) is 0 Å². The molecule has 2 aromatic rings. The highest BCUT2D eigenvalue weighted by Crippen LogP contribution is 2.17. The molecule has 0 radical (unpaired) electrons. The Morgan fingerprint density at radius 3 is 2.43 bits per heavy atom. The highest BCUT2D eigenvalue weighted by atomic mass is 16.6. The van der Waals surface area contributed by atoms with Crippen molar-refractivity contribution in [1.29, 1.82) is 0 Å². The van der Waals surface area contributed by atoms with E-state index in [0.29, 0.717) is 6.54 Å². The van der Waals surface area contributed by atoms with Gasteiger partial charge in [-0.15, -0.1) is 0 Å². The number of rotatable bonds is 5. The Morgan fingerprint density at radius 1 is 1.14 bits per heavy atom. The molecule has 0 saturated carbocycles. The summed E-state index contributed by atoms with van der Waals surface area (Å²) >= 11 is 0. The lowest BCUT2D eigenvalue weighted by Gasteiger charge is -2.16. The molecule has 21 heavy (non-hydrogen) atoms. The zero-order valence-corrected chi connectivity index (χ0v) is 12.0. The van der Waals surface area contributed by atoms with Crippen molar-refractivity contribution in [2.24, 2.45) is 0 Å². The maximum Gasteiger partial charge on any atom is 0.408 e. The predicted molar refractivity (Wildman–Crippen MR) is 80.8 cm³/mol. The number of benzene rings is 2. The Hall–Kier alpha value is -2.33. The number of nitrogens with one attached hydrogen (secondary N) is 1. The van der Waals surface area contributed by atoms with Gasteiger partial charge in [-0.1, -0.05) is 60.2 Å². The molecule has 0 heterocycles. The standard InChI is InChI=1S/C17H19NO3/c1-13-7-9-15(10-8-13)16(12-19)21-17(20)18-11-14-5-3-2-4-6-14/h2-10,16,19H,11-12H2,1H3,(H,18,20). The summed E-state index contributed by atoms with van der Waals surface area (Å²) in [5.41, 5.74) is 2.88. The lowest BCUT2D eigenvalue weighted by Crippen LogP contribution is -2.26. The molecule has 4 nitrogen and oxygen atoms in total. The third-order valence-corrected chi connectivity index (χ3v) is 3.14. The fourth-order valence-corrected chi connectivity index (χ4v) is 1.93. The van der Waals surface area contributed by atoms with E-state index in [4.69, 9.17) is 4.74 Å². The molecule has 0 aliphatic heterocycles. The molecule has 1 unspecified atom stereocenters. The number of aryl methyl sites for hydroxylation is 1. The van der Waals surface area contributed by atoms with Crippen molar-refractivity contribution in [3.63, 3.8) is 0 Å². The number of carbonyl (C=O) groups excluding carboxylic acids is 1. The van der Waals surface area contributed by atoms with Crippen molar-refractivity contribution in [3.8, 4) is 0 Å². The van der Waals surface area contributed by atoms with Crippen LogP contribution in [0.25, 0.3) is 0 Å². The number of alkyl carbamates (subject to hydrolysis) is 1. The third-order valence-electron chi connectivity index (χ3n) is 3.14. The van der Waals surface area contributed by atoms with Crippen LogP contribution in [-0.4, -0.2) is 17.8 Å². The highest BCUT2D eigenvalue weighted by molar-refractivity contribution is 5.67. The van der Waals surface area contributed by atoms with Crippen molar-refractivity contribution in [1.82, 2.24) is 5.32 Å². The largest absolute Gasteiger partial charge is 0.439 e. The molecule has 1 atom stereocenters. The van der Waals surface area contributed by atoms with Crippen LogP contribution >= 0.6 is 0 Å². The first-order valence-electron chi connectivity index (χ1n) is 6.85. The fourth-order valence-electron chi connectivity index (χ4n) is 1.93. The maximum atomic E-state index is 11.8. The first-order chi connectivity index (χ1) is 10.2. The molecule has 0 saturated heterocycles. The summed E-state index contributed by atoms with van der Waals surface area (Å²) < 4.78 is 5.25. The molecular formula is C17H19NO3. The van der Waals surface area contributed by atoms with Gasteiger partial charge >= 0.3 is 6.09 Å². The van der Waals surface area contributed by atoms with Gasteiger partial charge in [-0.25, -0.2) is 4.79 Å². The van der Waals surface area contributed by atoms with E-state index in [0.717, 1.165) is 16.7 Å². The smallest absolute Gasteiger partial charge is 0.408 e. The van der Waals surface area contributed by atoms with Gasteiger partial charge in [-0.2, -0.15) is 0 Å². The SMILES string of the molecule is Cc1ccc(C(CO)OC(=O)NCc2ccccc2)cc1. The second kappa shape index (κ2) is 7.45. The second-order valence-corrected chi connectivity index (χ2v) is 4.83. The van der Waals surface area contributed by atoms with E-state index in [-0.39, 0.29) is 6.61 Å². The number of carbonyl (C=O) groups is 1. The van der Waals surface area contributed by atoms with E-state index in [1.807, 2.05) is 61.5 Å². The van der Waals surface area contributed by atoms with Crippen LogP contribution in [0.2, 0.25) is 0 Å². The van der Waals surface area contributed by atoms with Gasteiger partial charge in [0.05, 0.1) is 6.61 Å². The molecule has 0 aromatic heterocycles. The second-order valence-electron chi connectivity index (χ2n) is 4.83. The van der Waals surface area contributed by atoms with Crippen LogP contribution in [0, 0.1) is 6.92 Å². The number of hydrogen-bond acceptors (Lipinski definition) is 3. The van der Waals surface area contributed by atoms with Crippen molar-refractivity contribution in [2.45, 2.75) is 19.6 Å². The summed E-state index contributed by atoms with van der Waals surface area (Å²) in [6.07, 6.45) is -1.19. The van der Waals surface area contributed by atoms with Gasteiger partial charge in [0.15, 0.2) is 6.10 Å². The molecule has 110 valence electrons. The van der Waals surface area contributed by atoms with Gasteiger partial charge in [0, 0.05) is 6.54 Å². The fraction of sp³-hybridized carbons (Fsp3) is 0.235. The molecule has 4 heteroatoms. The highest BCUT2D eigenvalue weighted by Gasteiger charge is 2.15. The van der Waals surface area contributed by atoms with E-state index < -0.39 is 12.2 Å². The van der Waals surface area contributed by atoms with E-state index in [9.17, 15) is 9.90 Å². The van der Waals surface area contributed by atoms with E-state index >= 15 is 0 Å². The number of ether oxygens (including phenoxy) is 1. The molecule has 0 aliphatic carbocycles. The van der Waals surface area contributed by atoms with Crippen LogP contribution in [0.4, 0.5) is 4.79 Å². The molecule has 2 rings (SSSR count). The number of amides is 1. The Bertz CT molecular complexity index is 566. The maximum absolute atomic E-state index is 11.8. The van der Waals surface area contributed by atoms with Gasteiger partial charge in [-0.05, 0) is 18.1 Å². The number of hydrogen-bond donors (Lipinski definition) is 2. The van der Waals surface area contributed by atoms with E-state index in [2.05, 4.69) is 5.32 Å². The van der Waals surface area contributed by atoms with Gasteiger partial charge in [0.1, 0.15) is 0 Å². The van der Waals surface area contributed by atoms with Crippen molar-refractivity contribution < 1.29 is 14.6 Å². The summed E-state index contributed by atoms with van der Waals surface area (Å²) in [4.78, 5) is 11.8. The first kappa shape index (κ1) is 15.1. The normalized spacial score (nSPS) is 11.7. The summed E-state index contributed by atoms with van der Waals surface area (Å²) in [7, 11) is 0. The van der Waals surface area contributed by atoms with Gasteiger partial charge < -0.3 is 15.2 Å². The average molecular weight is 285 g/mol. The summed E-state index contributed by atoms with van der Waals surface area (Å²) in [6, 6.07) is 17.1. The molecule has 0 bridgehead atoms. The zero-order chi connectivity index (χ0) is 15.1. The molecule has 0 aliphatic rings. The number of aliphatic hydroxyl groups is 1. The minimum atomic E-state index is -0.652. The lowest BCUT2D eigenvalue weighted by atomic mass is 10.1. The van der Waals surface area contributed by atoms with Gasteiger partial charge in [0.2, 0.25) is 0 Å². The average Bonchev–Trinajstić information content (AvgIpc) is 2.52. The molecular weight excluding hydrogens is 266 g/mol.